The molecule has 5 heteroatoms. The molecule has 20 heavy (non-hydrogen) atoms. The number of rotatable bonds is 2. The number of fused-ring (bicyclic) bond motifs is 1. The predicted molar refractivity (Wildman–Crippen MR) is 74.7 cm³/mol. The van der Waals surface area contributed by atoms with E-state index in [0.717, 1.165) is 16.5 Å². The molecule has 1 unspecified atom stereocenters. The fraction of sp³-hybridized carbons (Fsp3) is 0.200. The monoisotopic (exact) mass is 422 g/mol. The third-order valence-electron chi connectivity index (χ3n) is 3.37. The molecule has 0 aliphatic heterocycles. The normalized spacial score (nSPS) is 18.4. The van der Waals surface area contributed by atoms with E-state index in [1.165, 1.54) is 16.7 Å². The van der Waals surface area contributed by atoms with Gasteiger partial charge in [-0.1, -0.05) is 0 Å². The van der Waals surface area contributed by atoms with Crippen molar-refractivity contribution in [1.82, 2.24) is 0 Å². The van der Waals surface area contributed by atoms with E-state index < -0.39 is 23.2 Å². The van der Waals surface area contributed by atoms with Crippen molar-refractivity contribution in [3.63, 3.8) is 0 Å². The van der Waals surface area contributed by atoms with E-state index in [0.29, 0.717) is 3.63 Å². The second kappa shape index (κ2) is 7.66. The second-order valence-electron chi connectivity index (χ2n) is 4.68. The Balaban J connectivity index is 0.000001000. The molecule has 0 amide bonds. The Morgan fingerprint density at radius 2 is 1.95 bits per heavy atom. The summed E-state index contributed by atoms with van der Waals surface area (Å²) < 4.78 is 2.26. The molecule has 0 nitrogen and oxygen atoms in total. The largest absolute Gasteiger partial charge is 1.00 e. The Morgan fingerprint density at radius 3 is 2.60 bits per heavy atom. The van der Waals surface area contributed by atoms with Crippen LogP contribution in [0.15, 0.2) is 39.2 Å². The van der Waals surface area contributed by atoms with E-state index in [9.17, 15) is 0 Å². The molecule has 0 N–H and O–H groups in total. The zero-order valence-corrected chi connectivity index (χ0v) is 16.2. The molecule has 1 aromatic rings. The summed E-state index contributed by atoms with van der Waals surface area (Å²) in [6.07, 6.45) is 10.1. The smallest absolute Gasteiger partial charge is 1.00 e. The Morgan fingerprint density at radius 1 is 1.20 bits per heavy atom. The molecule has 0 saturated carbocycles. The fourth-order valence-electron chi connectivity index (χ4n) is 2.48. The molecule has 3 rings (SSSR count). The van der Waals surface area contributed by atoms with Crippen molar-refractivity contribution in [3.05, 3.63) is 60.4 Å². The first-order chi connectivity index (χ1) is 8.65. The molecular formula is C15H12Cl4Zr. The first-order valence-corrected chi connectivity index (χ1v) is 9.35. The van der Waals surface area contributed by atoms with Crippen molar-refractivity contribution in [1.29, 1.82) is 0 Å². The number of benzene rings is 1. The Hall–Kier alpha value is 0.483. The van der Waals surface area contributed by atoms with Gasteiger partial charge in [-0.05, 0) is 0 Å². The molecule has 0 aromatic heterocycles. The quantitative estimate of drug-likeness (QED) is 0.593. The molecule has 0 spiro atoms. The Bertz CT molecular complexity index is 602. The van der Waals surface area contributed by atoms with Gasteiger partial charge < -0.3 is 24.8 Å². The summed E-state index contributed by atoms with van der Waals surface area (Å²) in [4.78, 5) is 0. The summed E-state index contributed by atoms with van der Waals surface area (Å²) in [5, 5.41) is 1.54. The average Bonchev–Trinajstić information content (AvgIpc) is 2.91. The van der Waals surface area contributed by atoms with Crippen molar-refractivity contribution < 1.29 is 48.0 Å². The van der Waals surface area contributed by atoms with Gasteiger partial charge in [-0.25, -0.2) is 0 Å². The predicted octanol–water partition coefficient (Wildman–Crippen LogP) is -0.614. The number of allylic oxidation sites excluding steroid dienone is 5. The summed E-state index contributed by atoms with van der Waals surface area (Å²) in [5.41, 5.74) is 3.99. The first kappa shape index (κ1) is 18.5. The van der Waals surface area contributed by atoms with Crippen LogP contribution in [-0.2, 0) is 23.2 Å². The first-order valence-electron chi connectivity index (χ1n) is 5.94. The van der Waals surface area contributed by atoms with Crippen molar-refractivity contribution in [3.8, 4) is 0 Å². The summed E-state index contributed by atoms with van der Waals surface area (Å²) >= 11 is 11.8. The van der Waals surface area contributed by atoms with Crippen LogP contribution in [-0.4, -0.2) is 0 Å². The van der Waals surface area contributed by atoms with E-state index in [1.54, 1.807) is 3.28 Å². The van der Waals surface area contributed by atoms with Crippen LogP contribution in [0.25, 0.3) is 6.08 Å². The minimum atomic E-state index is -0.620. The van der Waals surface area contributed by atoms with Gasteiger partial charge in [0, 0.05) is 0 Å². The van der Waals surface area contributed by atoms with E-state index in [4.69, 9.17) is 23.2 Å². The van der Waals surface area contributed by atoms with E-state index in [1.807, 2.05) is 6.07 Å². The summed E-state index contributed by atoms with van der Waals surface area (Å²) in [6, 6.07) is 3.94. The minimum absolute atomic E-state index is 0. The van der Waals surface area contributed by atoms with Crippen LogP contribution >= 0.6 is 23.2 Å². The second-order valence-corrected chi connectivity index (χ2v) is 9.23. The number of hydrogen-bond acceptors (Lipinski definition) is 0. The molecule has 2 aliphatic carbocycles. The topological polar surface area (TPSA) is 0 Å². The maximum atomic E-state index is 6.29. The number of halogens is 4. The maximum absolute atomic E-state index is 6.29. The number of hydrogen-bond donors (Lipinski definition) is 0. The molecule has 104 valence electrons. The van der Waals surface area contributed by atoms with E-state index in [2.05, 4.69) is 37.3 Å². The van der Waals surface area contributed by atoms with Crippen molar-refractivity contribution >= 4 is 29.3 Å². The van der Waals surface area contributed by atoms with Crippen molar-refractivity contribution in [2.45, 2.75) is 17.0 Å². The summed E-state index contributed by atoms with van der Waals surface area (Å²) in [7, 11) is 0. The van der Waals surface area contributed by atoms with Gasteiger partial charge in [0.05, 0.1) is 0 Å². The van der Waals surface area contributed by atoms with E-state index in [-0.39, 0.29) is 24.8 Å². The van der Waals surface area contributed by atoms with Gasteiger partial charge in [-0.3, -0.25) is 0 Å². The third-order valence-corrected chi connectivity index (χ3v) is 8.31. The summed E-state index contributed by atoms with van der Waals surface area (Å²) in [6.45, 7) is 2.22. The van der Waals surface area contributed by atoms with E-state index >= 15 is 0 Å². The zero-order valence-electron chi connectivity index (χ0n) is 10.8. The van der Waals surface area contributed by atoms with Crippen LogP contribution in [0.5, 0.6) is 0 Å². The molecule has 0 saturated heterocycles. The minimum Gasteiger partial charge on any atom is -1.00 e. The van der Waals surface area contributed by atoms with Crippen molar-refractivity contribution in [2.24, 2.45) is 0 Å². The molecule has 1 aromatic carbocycles. The van der Waals surface area contributed by atoms with Gasteiger partial charge in [0.2, 0.25) is 0 Å². The van der Waals surface area contributed by atoms with Gasteiger partial charge in [0.15, 0.2) is 0 Å². The maximum Gasteiger partial charge on any atom is -1.00 e. The zero-order chi connectivity index (χ0) is 12.7. The molecule has 0 heterocycles. The molecule has 1 atom stereocenters. The van der Waals surface area contributed by atoms with Crippen LogP contribution in [0.3, 0.4) is 0 Å². The Kier molecular flexibility index (Phi) is 7.10. The molecule has 0 radical (unpaired) electrons. The third kappa shape index (κ3) is 3.62. The van der Waals surface area contributed by atoms with Gasteiger partial charge in [-0.2, -0.15) is 0 Å². The SMILES string of the molecule is CC1=Cc2c(Cl)cc(Cl)cc2[CH]1[Zr+2][C]1=CC=CC1.[Cl-].[Cl-]. The van der Waals surface area contributed by atoms with Crippen LogP contribution in [0.2, 0.25) is 10.0 Å². The molecular weight excluding hydrogens is 413 g/mol. The van der Waals surface area contributed by atoms with Gasteiger partial charge in [0.25, 0.3) is 0 Å². The van der Waals surface area contributed by atoms with Crippen LogP contribution in [0, 0.1) is 0 Å². The molecule has 2 aliphatic rings. The van der Waals surface area contributed by atoms with Crippen LogP contribution < -0.4 is 24.8 Å². The van der Waals surface area contributed by atoms with Gasteiger partial charge in [-0.15, -0.1) is 0 Å². The van der Waals surface area contributed by atoms with Crippen molar-refractivity contribution in [2.75, 3.05) is 0 Å². The van der Waals surface area contributed by atoms with Crippen LogP contribution in [0.4, 0.5) is 0 Å². The standard InChI is InChI=1S/C10H7Cl2.C5H5.2ClH.Zr/c1-6-2-7-4-8(11)5-10(12)9(7)3-6;1-2-4-5-3-1;;;/h2-5H,1H3;1-3H,4H2;2*1H;/q;;;;+2/p-2. The average molecular weight is 425 g/mol. The van der Waals surface area contributed by atoms with Crippen LogP contribution in [0.1, 0.15) is 28.1 Å². The molecule has 0 bridgehead atoms. The van der Waals surface area contributed by atoms with Gasteiger partial charge >= 0.3 is 130 Å². The summed E-state index contributed by atoms with van der Waals surface area (Å²) in [5.74, 6) is 0. The van der Waals surface area contributed by atoms with Gasteiger partial charge in [0.1, 0.15) is 0 Å². The Labute approximate surface area is 153 Å². The molecule has 0 fully saturated rings. The fourth-order valence-corrected chi connectivity index (χ4v) is 6.74.